The maximum absolute atomic E-state index is 11.8. The molecule has 0 amide bonds. The van der Waals surface area contributed by atoms with Crippen molar-refractivity contribution in [3.63, 3.8) is 0 Å². The number of hydrogen-bond donors (Lipinski definition) is 3. The van der Waals surface area contributed by atoms with Gasteiger partial charge in [-0.15, -0.1) is 0 Å². The first-order valence-corrected chi connectivity index (χ1v) is 6.87. The van der Waals surface area contributed by atoms with Crippen LogP contribution >= 0.6 is 0 Å². The lowest BCUT2D eigenvalue weighted by Crippen LogP contribution is -2.37. The van der Waals surface area contributed by atoms with E-state index >= 15 is 0 Å². The van der Waals surface area contributed by atoms with Gasteiger partial charge in [0.25, 0.3) is 5.56 Å². The van der Waals surface area contributed by atoms with Gasteiger partial charge < -0.3 is 19.8 Å². The van der Waals surface area contributed by atoms with Crippen LogP contribution in [0.3, 0.4) is 0 Å². The van der Waals surface area contributed by atoms with E-state index in [1.165, 1.54) is 10.8 Å². The van der Waals surface area contributed by atoms with E-state index in [1.54, 1.807) is 6.92 Å². The summed E-state index contributed by atoms with van der Waals surface area (Å²) < 4.78 is 7.02. The van der Waals surface area contributed by atoms with Gasteiger partial charge in [0.15, 0.2) is 0 Å². The zero-order chi connectivity index (χ0) is 15.6. The number of rotatable bonds is 5. The van der Waals surface area contributed by atoms with Gasteiger partial charge in [0, 0.05) is 31.3 Å². The van der Waals surface area contributed by atoms with Crippen molar-refractivity contribution < 1.29 is 14.9 Å². The lowest BCUT2D eigenvalue weighted by molar-refractivity contribution is -0.0344. The van der Waals surface area contributed by atoms with Crippen LogP contribution in [0.1, 0.15) is 18.2 Å². The quantitative estimate of drug-likeness (QED) is 0.605. The van der Waals surface area contributed by atoms with Gasteiger partial charge in [-0.25, -0.2) is 4.79 Å². The number of likely N-dealkylation sites (N-methyl/N-ethyl adjacent to an activating group) is 1. The molecule has 3 N–H and O–H groups in total. The van der Waals surface area contributed by atoms with Crippen LogP contribution in [0.2, 0.25) is 0 Å². The average molecular weight is 299 g/mol. The van der Waals surface area contributed by atoms with E-state index in [2.05, 4.69) is 4.98 Å². The van der Waals surface area contributed by atoms with Crippen molar-refractivity contribution in [2.24, 2.45) is 0 Å². The molecule has 1 aromatic rings. The summed E-state index contributed by atoms with van der Waals surface area (Å²) >= 11 is 0. The van der Waals surface area contributed by atoms with Crippen LogP contribution in [-0.2, 0) is 4.74 Å². The number of hydrogen-bond acceptors (Lipinski definition) is 6. The second-order valence-electron chi connectivity index (χ2n) is 5.40. The first-order valence-electron chi connectivity index (χ1n) is 6.87. The molecule has 0 bridgehead atoms. The summed E-state index contributed by atoms with van der Waals surface area (Å²) in [4.78, 5) is 27.2. The van der Waals surface area contributed by atoms with E-state index in [9.17, 15) is 14.7 Å². The lowest BCUT2D eigenvalue weighted by Gasteiger charge is -2.22. The van der Waals surface area contributed by atoms with Crippen molar-refractivity contribution in [1.29, 1.82) is 0 Å². The average Bonchev–Trinajstić information content (AvgIpc) is 2.75. The van der Waals surface area contributed by atoms with E-state index in [0.29, 0.717) is 18.7 Å². The minimum atomic E-state index is -0.699. The molecule has 2 heterocycles. The Morgan fingerprint density at radius 3 is 2.90 bits per heavy atom. The van der Waals surface area contributed by atoms with Crippen molar-refractivity contribution in [3.05, 3.63) is 32.6 Å². The van der Waals surface area contributed by atoms with Crippen LogP contribution < -0.4 is 11.2 Å². The van der Waals surface area contributed by atoms with E-state index in [-0.39, 0.29) is 13.0 Å². The van der Waals surface area contributed by atoms with Crippen LogP contribution in [0.4, 0.5) is 0 Å². The minimum Gasteiger partial charge on any atom is -0.395 e. The van der Waals surface area contributed by atoms with E-state index in [1.807, 2.05) is 11.9 Å². The monoisotopic (exact) mass is 299 g/mol. The molecule has 3 atom stereocenters. The van der Waals surface area contributed by atoms with E-state index in [4.69, 9.17) is 9.84 Å². The maximum Gasteiger partial charge on any atom is 0.330 e. The summed E-state index contributed by atoms with van der Waals surface area (Å²) in [5.41, 5.74) is -0.560. The Labute approximate surface area is 121 Å². The fourth-order valence-corrected chi connectivity index (χ4v) is 2.42. The van der Waals surface area contributed by atoms with Gasteiger partial charge in [-0.1, -0.05) is 0 Å². The molecule has 0 aromatic carbocycles. The van der Waals surface area contributed by atoms with Crippen molar-refractivity contribution in [1.82, 2.24) is 14.5 Å². The molecule has 0 saturated carbocycles. The van der Waals surface area contributed by atoms with Crippen molar-refractivity contribution in [3.8, 4) is 0 Å². The first-order chi connectivity index (χ1) is 9.92. The van der Waals surface area contributed by atoms with Crippen LogP contribution in [0, 0.1) is 6.92 Å². The second kappa shape index (κ2) is 6.52. The van der Waals surface area contributed by atoms with Crippen LogP contribution in [0.25, 0.3) is 0 Å². The van der Waals surface area contributed by atoms with Crippen molar-refractivity contribution in [2.45, 2.75) is 31.8 Å². The summed E-state index contributed by atoms with van der Waals surface area (Å²) in [6, 6.07) is 0. The highest BCUT2D eigenvalue weighted by molar-refractivity contribution is 5.02. The molecule has 0 unspecified atom stereocenters. The topological polar surface area (TPSA) is 108 Å². The first kappa shape index (κ1) is 15.9. The van der Waals surface area contributed by atoms with Crippen molar-refractivity contribution in [2.75, 3.05) is 26.7 Å². The molecule has 0 radical (unpaired) electrons. The molecule has 0 spiro atoms. The molecule has 1 aliphatic heterocycles. The van der Waals surface area contributed by atoms with Gasteiger partial charge in [-0.3, -0.25) is 14.3 Å². The predicted molar refractivity (Wildman–Crippen MR) is 75.2 cm³/mol. The van der Waals surface area contributed by atoms with Crippen LogP contribution in [0.15, 0.2) is 15.8 Å². The van der Waals surface area contributed by atoms with Crippen LogP contribution in [0.5, 0.6) is 0 Å². The zero-order valence-corrected chi connectivity index (χ0v) is 12.2. The molecule has 8 nitrogen and oxygen atoms in total. The van der Waals surface area contributed by atoms with Crippen molar-refractivity contribution >= 4 is 0 Å². The number of aliphatic hydroxyl groups excluding tert-OH is 2. The number of aromatic amines is 1. The molecule has 2 rings (SSSR count). The summed E-state index contributed by atoms with van der Waals surface area (Å²) in [6.45, 7) is 2.57. The highest BCUT2D eigenvalue weighted by Crippen LogP contribution is 2.27. The molecule has 1 aliphatic rings. The fraction of sp³-hybridized carbons (Fsp3) is 0.692. The molecule has 1 fully saturated rings. The SMILES string of the molecule is Cc1cn([C@H]2C[C@H](O)[C@@H](CN(C)CCO)O2)c(=O)[nH]c1=O. The summed E-state index contributed by atoms with van der Waals surface area (Å²) in [5.74, 6) is 0. The molecule has 21 heavy (non-hydrogen) atoms. The van der Waals surface area contributed by atoms with E-state index in [0.717, 1.165) is 0 Å². The second-order valence-corrected chi connectivity index (χ2v) is 5.40. The minimum absolute atomic E-state index is 0.0291. The fourth-order valence-electron chi connectivity index (χ4n) is 2.42. The van der Waals surface area contributed by atoms with Gasteiger partial charge in [0.2, 0.25) is 0 Å². The molecule has 8 heteroatoms. The number of nitrogens with one attached hydrogen (secondary N) is 1. The summed E-state index contributed by atoms with van der Waals surface area (Å²) in [6.07, 6.45) is -0.0157. The number of aliphatic hydroxyl groups is 2. The van der Waals surface area contributed by atoms with Gasteiger partial charge >= 0.3 is 5.69 Å². The number of H-pyrrole nitrogens is 1. The highest BCUT2D eigenvalue weighted by Gasteiger charge is 2.36. The van der Waals surface area contributed by atoms with E-state index < -0.39 is 29.7 Å². The van der Waals surface area contributed by atoms with Crippen LogP contribution in [-0.4, -0.2) is 63.6 Å². The Morgan fingerprint density at radius 2 is 2.24 bits per heavy atom. The predicted octanol–water partition coefficient (Wildman–Crippen LogP) is -1.58. The standard InChI is InChI=1S/C13H21N3O5/c1-8-6-16(13(20)14-12(8)19)11-5-9(18)10(21-11)7-15(2)3-4-17/h6,9-11,17-18H,3-5,7H2,1-2H3,(H,14,19,20)/t9-,10+,11+/m0/s1. The third kappa shape index (κ3) is 3.59. The number of aromatic nitrogens is 2. The molecule has 1 saturated heterocycles. The molecular formula is C13H21N3O5. The summed E-state index contributed by atoms with van der Waals surface area (Å²) in [7, 11) is 1.82. The normalized spacial score (nSPS) is 25.7. The smallest absolute Gasteiger partial charge is 0.330 e. The van der Waals surface area contributed by atoms with Gasteiger partial charge in [0.1, 0.15) is 6.23 Å². The Balaban J connectivity index is 2.12. The lowest BCUT2D eigenvalue weighted by atomic mass is 10.1. The Hall–Kier alpha value is -1.48. The highest BCUT2D eigenvalue weighted by atomic mass is 16.5. The van der Waals surface area contributed by atoms with Gasteiger partial charge in [-0.2, -0.15) is 0 Å². The van der Waals surface area contributed by atoms with Gasteiger partial charge in [-0.05, 0) is 14.0 Å². The Bertz CT molecular complexity index is 596. The molecule has 0 aliphatic carbocycles. The molecule has 1 aromatic heterocycles. The maximum atomic E-state index is 11.8. The Morgan fingerprint density at radius 1 is 1.52 bits per heavy atom. The number of aryl methyl sites for hydroxylation is 1. The number of nitrogens with zero attached hydrogens (tertiary/aromatic N) is 2. The molecule has 118 valence electrons. The largest absolute Gasteiger partial charge is 0.395 e. The zero-order valence-electron chi connectivity index (χ0n) is 12.2. The third-order valence-corrected chi connectivity index (χ3v) is 3.63. The third-order valence-electron chi connectivity index (χ3n) is 3.63. The summed E-state index contributed by atoms with van der Waals surface area (Å²) in [5, 5.41) is 18.9. The molecular weight excluding hydrogens is 278 g/mol. The Kier molecular flexibility index (Phi) is 4.94. The number of ether oxygens (including phenoxy) is 1. The van der Waals surface area contributed by atoms with Gasteiger partial charge in [0.05, 0.1) is 18.8 Å².